The summed E-state index contributed by atoms with van der Waals surface area (Å²) in [6.45, 7) is 4.50. The topological polar surface area (TPSA) is 94.8 Å². The summed E-state index contributed by atoms with van der Waals surface area (Å²) in [5, 5.41) is 12.6. The van der Waals surface area contributed by atoms with Crippen LogP contribution in [0.5, 0.6) is 0 Å². The van der Waals surface area contributed by atoms with Gasteiger partial charge in [0.1, 0.15) is 23.3 Å². The first-order chi connectivity index (χ1) is 15.4. The molecule has 8 heteroatoms. The van der Waals surface area contributed by atoms with Crippen LogP contribution in [-0.4, -0.2) is 47.8 Å². The minimum Gasteiger partial charge on any atom is -0.372 e. The molecule has 1 N–H and O–H groups in total. The van der Waals surface area contributed by atoms with Crippen LogP contribution in [0.15, 0.2) is 59.1 Å². The molecule has 2 aliphatic rings. The zero-order valence-electron chi connectivity index (χ0n) is 17.6. The van der Waals surface area contributed by atoms with Crippen LogP contribution in [0.4, 0.5) is 4.39 Å². The van der Waals surface area contributed by atoms with Crippen molar-refractivity contribution in [1.82, 2.24) is 10.2 Å². The van der Waals surface area contributed by atoms with E-state index in [-0.39, 0.29) is 34.9 Å². The highest BCUT2D eigenvalue weighted by Gasteiger charge is 2.32. The van der Waals surface area contributed by atoms with Crippen molar-refractivity contribution < 1.29 is 18.7 Å². The normalized spacial score (nSPS) is 21.3. The van der Waals surface area contributed by atoms with Crippen LogP contribution < -0.4 is 5.32 Å². The molecule has 0 aliphatic carbocycles. The summed E-state index contributed by atoms with van der Waals surface area (Å²) in [4.78, 5) is 31.9. The molecule has 7 nitrogen and oxygen atoms in total. The second-order valence-corrected chi connectivity index (χ2v) is 7.77. The number of nitriles is 1. The molecule has 1 fully saturated rings. The SMILES string of the molecule is CC1CN(C(=O)C(C#N)=C2N=C(NC(=O)c3ccc(F)cc3)c3ccccc32)CC(C)O1. The van der Waals surface area contributed by atoms with E-state index in [0.717, 1.165) is 0 Å². The van der Waals surface area contributed by atoms with E-state index in [2.05, 4.69) is 10.3 Å². The number of halogens is 1. The lowest BCUT2D eigenvalue weighted by Crippen LogP contribution is -2.48. The zero-order chi connectivity index (χ0) is 22.8. The molecular formula is C24H21FN4O3. The predicted octanol–water partition coefficient (Wildman–Crippen LogP) is 2.89. The first kappa shape index (κ1) is 21.4. The summed E-state index contributed by atoms with van der Waals surface area (Å²) in [5.41, 5.74) is 1.57. The van der Waals surface area contributed by atoms with Crippen LogP contribution in [0.2, 0.25) is 0 Å². The predicted molar refractivity (Wildman–Crippen MR) is 116 cm³/mol. The molecule has 0 saturated carbocycles. The van der Waals surface area contributed by atoms with Crippen LogP contribution in [0.1, 0.15) is 35.3 Å². The summed E-state index contributed by atoms with van der Waals surface area (Å²) >= 11 is 0. The molecule has 0 aromatic heterocycles. The lowest BCUT2D eigenvalue weighted by Gasteiger charge is -2.35. The zero-order valence-corrected chi connectivity index (χ0v) is 17.6. The Kier molecular flexibility index (Phi) is 5.84. The van der Waals surface area contributed by atoms with Crippen molar-refractivity contribution in [1.29, 1.82) is 5.26 Å². The minimum absolute atomic E-state index is 0.0928. The third kappa shape index (κ3) is 4.15. The number of hydrogen-bond acceptors (Lipinski definition) is 5. The van der Waals surface area contributed by atoms with Crippen LogP contribution >= 0.6 is 0 Å². The lowest BCUT2D eigenvalue weighted by molar-refractivity contribution is -0.138. The number of ether oxygens (including phenoxy) is 1. The van der Waals surface area contributed by atoms with Crippen molar-refractivity contribution in [3.8, 4) is 6.07 Å². The Bertz CT molecular complexity index is 1170. The van der Waals surface area contributed by atoms with Gasteiger partial charge in [-0.1, -0.05) is 24.3 Å². The maximum absolute atomic E-state index is 13.2. The molecular weight excluding hydrogens is 411 g/mol. The van der Waals surface area contributed by atoms with Crippen LogP contribution in [-0.2, 0) is 9.53 Å². The van der Waals surface area contributed by atoms with Gasteiger partial charge in [0.05, 0.1) is 17.9 Å². The number of aliphatic imine (C=N–C) groups is 1. The smallest absolute Gasteiger partial charge is 0.266 e. The molecule has 0 bridgehead atoms. The van der Waals surface area contributed by atoms with Gasteiger partial charge in [0.15, 0.2) is 0 Å². The number of nitrogens with zero attached hydrogens (tertiary/aromatic N) is 3. The summed E-state index contributed by atoms with van der Waals surface area (Å²) in [7, 11) is 0. The van der Waals surface area contributed by atoms with Gasteiger partial charge in [0.2, 0.25) is 0 Å². The Morgan fingerprint density at radius 1 is 1.09 bits per heavy atom. The molecule has 162 valence electrons. The molecule has 2 heterocycles. The Hall–Kier alpha value is -3.83. The summed E-state index contributed by atoms with van der Waals surface area (Å²) < 4.78 is 18.9. The van der Waals surface area contributed by atoms with E-state index in [1.54, 1.807) is 29.2 Å². The van der Waals surface area contributed by atoms with E-state index in [0.29, 0.717) is 24.2 Å². The number of rotatable bonds is 2. The lowest BCUT2D eigenvalue weighted by atomic mass is 10.0. The van der Waals surface area contributed by atoms with Gasteiger partial charge in [-0.25, -0.2) is 9.38 Å². The van der Waals surface area contributed by atoms with E-state index in [4.69, 9.17) is 4.74 Å². The van der Waals surface area contributed by atoms with Crippen molar-refractivity contribution in [3.05, 3.63) is 76.6 Å². The second-order valence-electron chi connectivity index (χ2n) is 7.77. The molecule has 4 rings (SSSR count). The molecule has 0 radical (unpaired) electrons. The summed E-state index contributed by atoms with van der Waals surface area (Å²) in [6.07, 6.45) is -0.282. The number of hydrogen-bond donors (Lipinski definition) is 1. The maximum atomic E-state index is 13.2. The van der Waals surface area contributed by atoms with Crippen molar-refractivity contribution in [2.45, 2.75) is 26.1 Å². The number of benzene rings is 2. The fraction of sp³-hybridized carbons (Fsp3) is 0.250. The van der Waals surface area contributed by atoms with E-state index in [9.17, 15) is 19.2 Å². The second kappa shape index (κ2) is 8.73. The quantitative estimate of drug-likeness (QED) is 0.583. The Balaban J connectivity index is 1.69. The average molecular weight is 432 g/mol. The number of nitrogens with one attached hydrogen (secondary N) is 1. The molecule has 2 aromatic carbocycles. The van der Waals surface area contributed by atoms with Gasteiger partial charge in [-0.15, -0.1) is 0 Å². The highest BCUT2D eigenvalue weighted by Crippen LogP contribution is 2.31. The van der Waals surface area contributed by atoms with Crippen molar-refractivity contribution in [3.63, 3.8) is 0 Å². The fourth-order valence-corrected chi connectivity index (χ4v) is 3.90. The van der Waals surface area contributed by atoms with Gasteiger partial charge in [-0.05, 0) is 38.1 Å². The number of amidine groups is 1. The molecule has 1 saturated heterocycles. The van der Waals surface area contributed by atoms with Gasteiger partial charge in [-0.3, -0.25) is 9.59 Å². The van der Waals surface area contributed by atoms with Crippen molar-refractivity contribution >= 4 is 23.3 Å². The van der Waals surface area contributed by atoms with Gasteiger partial charge in [-0.2, -0.15) is 5.26 Å². The fourth-order valence-electron chi connectivity index (χ4n) is 3.90. The Morgan fingerprint density at radius 3 is 2.34 bits per heavy atom. The standard InChI is InChI=1S/C24H21FN4O3/c1-14-12-29(13-15(2)32-14)24(31)20(11-26)21-18-5-3-4-6-19(18)22(27-21)28-23(30)16-7-9-17(25)10-8-16/h3-10,14-15H,12-13H2,1-2H3,(H,27,28,30). The maximum Gasteiger partial charge on any atom is 0.266 e. The highest BCUT2D eigenvalue weighted by molar-refractivity contribution is 6.20. The number of carbonyl (C=O) groups excluding carboxylic acids is 2. The minimum atomic E-state index is -0.472. The van der Waals surface area contributed by atoms with E-state index in [1.807, 2.05) is 19.9 Å². The largest absolute Gasteiger partial charge is 0.372 e. The van der Waals surface area contributed by atoms with Gasteiger partial charge in [0, 0.05) is 29.8 Å². The van der Waals surface area contributed by atoms with Crippen LogP contribution in [0.25, 0.3) is 5.70 Å². The van der Waals surface area contributed by atoms with Crippen LogP contribution in [0, 0.1) is 17.1 Å². The van der Waals surface area contributed by atoms with Gasteiger partial charge in [0.25, 0.3) is 11.8 Å². The highest BCUT2D eigenvalue weighted by atomic mass is 19.1. The number of morpholine rings is 1. The molecule has 2 aliphatic heterocycles. The molecule has 2 atom stereocenters. The van der Waals surface area contributed by atoms with Gasteiger partial charge < -0.3 is 15.0 Å². The van der Waals surface area contributed by atoms with E-state index < -0.39 is 17.6 Å². The summed E-state index contributed by atoms with van der Waals surface area (Å²) in [6, 6.07) is 14.2. The van der Waals surface area contributed by atoms with E-state index >= 15 is 0 Å². The Labute approximate surface area is 184 Å². The van der Waals surface area contributed by atoms with Crippen LogP contribution in [0.3, 0.4) is 0 Å². The molecule has 0 spiro atoms. The number of amides is 2. The third-order valence-corrected chi connectivity index (χ3v) is 5.27. The average Bonchev–Trinajstić information content (AvgIpc) is 3.12. The number of fused-ring (bicyclic) bond motifs is 1. The first-order valence-electron chi connectivity index (χ1n) is 10.2. The third-order valence-electron chi connectivity index (χ3n) is 5.27. The molecule has 2 amide bonds. The molecule has 2 aromatic rings. The first-order valence-corrected chi connectivity index (χ1v) is 10.2. The molecule has 32 heavy (non-hydrogen) atoms. The molecule has 2 unspecified atom stereocenters. The summed E-state index contributed by atoms with van der Waals surface area (Å²) in [5.74, 6) is -1.11. The number of carbonyl (C=O) groups is 2. The van der Waals surface area contributed by atoms with E-state index in [1.165, 1.54) is 24.3 Å². The van der Waals surface area contributed by atoms with Crippen molar-refractivity contribution in [2.24, 2.45) is 4.99 Å². The monoisotopic (exact) mass is 432 g/mol. The van der Waals surface area contributed by atoms with Gasteiger partial charge >= 0.3 is 0 Å². The van der Waals surface area contributed by atoms with Crippen molar-refractivity contribution in [2.75, 3.05) is 13.1 Å². The Morgan fingerprint density at radius 2 is 1.72 bits per heavy atom.